The Labute approximate surface area is 215 Å². The molecule has 0 aliphatic carbocycles. The Hall–Kier alpha value is -2.91. The number of carbonyl (C=O) groups excluding carboxylic acids is 1. The second kappa shape index (κ2) is 10.1. The van der Waals surface area contributed by atoms with Gasteiger partial charge in [-0.25, -0.2) is 8.78 Å². The van der Waals surface area contributed by atoms with Gasteiger partial charge in [0.1, 0.15) is 11.6 Å². The van der Waals surface area contributed by atoms with Crippen LogP contribution < -0.4 is 14.5 Å². The second-order valence-electron chi connectivity index (χ2n) is 10.0. The number of hydrogen-bond acceptors (Lipinski definition) is 6. The number of carbonyl (C=O) groups is 1. The van der Waals surface area contributed by atoms with E-state index >= 15 is 4.39 Å². The fourth-order valence-electron chi connectivity index (χ4n) is 6.23. The molecule has 1 N–H and O–H groups in total. The van der Waals surface area contributed by atoms with Gasteiger partial charge in [0.15, 0.2) is 17.9 Å². The average molecular weight is 517 g/mol. The number of halogens is 2. The molecule has 3 saturated heterocycles. The fourth-order valence-corrected chi connectivity index (χ4v) is 6.23. The number of anilines is 2. The number of hydrogen-bond donors (Lipinski definition) is 1. The van der Waals surface area contributed by atoms with Gasteiger partial charge in [-0.3, -0.25) is 9.69 Å². The lowest BCUT2D eigenvalue weighted by Crippen LogP contribution is -2.63. The van der Waals surface area contributed by atoms with Crippen LogP contribution in [0.4, 0.5) is 20.2 Å². The number of piperidine rings is 1. The van der Waals surface area contributed by atoms with Crippen LogP contribution in [0.5, 0.6) is 11.5 Å². The van der Waals surface area contributed by atoms with Gasteiger partial charge in [0, 0.05) is 30.6 Å². The monoisotopic (exact) mass is 516 g/mol. The van der Waals surface area contributed by atoms with E-state index in [9.17, 15) is 14.3 Å². The van der Waals surface area contributed by atoms with Gasteiger partial charge < -0.3 is 24.2 Å². The lowest BCUT2D eigenvalue weighted by atomic mass is 9.64. The predicted molar refractivity (Wildman–Crippen MR) is 135 cm³/mol. The molecule has 3 heterocycles. The van der Waals surface area contributed by atoms with Crippen LogP contribution in [0.25, 0.3) is 0 Å². The summed E-state index contributed by atoms with van der Waals surface area (Å²) in [7, 11) is 1.52. The fraction of sp³-hybridized carbons (Fsp3) is 0.536. The van der Waals surface area contributed by atoms with Crippen molar-refractivity contribution in [2.24, 2.45) is 11.3 Å². The highest BCUT2D eigenvalue weighted by Gasteiger charge is 2.60. The summed E-state index contributed by atoms with van der Waals surface area (Å²) in [6.45, 7) is 6.37. The number of amides is 1. The van der Waals surface area contributed by atoms with Crippen molar-refractivity contribution in [2.45, 2.75) is 51.9 Å². The molecule has 9 heteroatoms. The molecule has 0 unspecified atom stereocenters. The lowest BCUT2D eigenvalue weighted by molar-refractivity contribution is -0.141. The Kier molecular flexibility index (Phi) is 7.02. The van der Waals surface area contributed by atoms with Crippen LogP contribution in [-0.2, 0) is 14.3 Å². The minimum atomic E-state index is -0.820. The Morgan fingerprint density at radius 1 is 1.05 bits per heavy atom. The summed E-state index contributed by atoms with van der Waals surface area (Å²) in [5, 5.41) is 10.4. The quantitative estimate of drug-likeness (QED) is 0.513. The maximum atomic E-state index is 15.7. The summed E-state index contributed by atoms with van der Waals surface area (Å²) in [4.78, 5) is 16.8. The van der Waals surface area contributed by atoms with Crippen LogP contribution in [0.2, 0.25) is 0 Å². The van der Waals surface area contributed by atoms with E-state index in [4.69, 9.17) is 14.2 Å². The molecule has 2 aromatic rings. The van der Waals surface area contributed by atoms with E-state index in [0.29, 0.717) is 56.1 Å². The molecule has 0 radical (unpaired) electrons. The summed E-state index contributed by atoms with van der Waals surface area (Å²) in [5.74, 6) is -1.33. The van der Waals surface area contributed by atoms with Crippen molar-refractivity contribution in [1.82, 2.24) is 0 Å². The molecule has 3 aliphatic heterocycles. The Bertz CT molecular complexity index is 1160. The zero-order valence-corrected chi connectivity index (χ0v) is 21.5. The normalized spacial score (nSPS) is 22.4. The molecule has 7 nitrogen and oxygen atoms in total. The highest BCUT2D eigenvalue weighted by Crippen LogP contribution is 2.59. The van der Waals surface area contributed by atoms with Crippen LogP contribution in [0, 0.1) is 23.0 Å². The zero-order chi connectivity index (χ0) is 26.3. The third-order valence-corrected chi connectivity index (χ3v) is 8.42. The van der Waals surface area contributed by atoms with E-state index in [0.717, 1.165) is 18.9 Å². The summed E-state index contributed by atoms with van der Waals surface area (Å²) in [6.07, 6.45) is 2.48. The van der Waals surface area contributed by atoms with Gasteiger partial charge in [0.25, 0.3) is 0 Å². The summed E-state index contributed by atoms with van der Waals surface area (Å²) < 4.78 is 47.0. The number of ether oxygens (including phenoxy) is 3. The van der Waals surface area contributed by atoms with E-state index in [1.807, 2.05) is 18.7 Å². The number of nitrogens with zero attached hydrogens (tertiary/aromatic N) is 2. The van der Waals surface area contributed by atoms with Gasteiger partial charge in [-0.05, 0) is 43.9 Å². The van der Waals surface area contributed by atoms with E-state index in [1.54, 1.807) is 6.07 Å². The molecule has 3 fully saturated rings. The van der Waals surface area contributed by atoms with Crippen molar-refractivity contribution in [1.29, 1.82) is 0 Å². The standard InChI is InChI=1S/C28H34F2N2O5/c1-4-28(5-2)25(32(27(28)34)21-8-6-7-19(29)24(21)33)18-15-20(30)22(16-23(18)35-3)31-11-9-17(10-12-31)26-36-13-14-37-26/h6-8,15-17,25-26,33H,4-5,9-14H2,1-3H3/t25-/m0/s1. The number of β-lactam (4-membered cyclic amide) rings is 1. The van der Waals surface area contributed by atoms with Gasteiger partial charge in [-0.2, -0.15) is 0 Å². The van der Waals surface area contributed by atoms with E-state index in [1.165, 1.54) is 30.2 Å². The first-order valence-corrected chi connectivity index (χ1v) is 13.0. The van der Waals surface area contributed by atoms with Crippen LogP contribution >= 0.6 is 0 Å². The first kappa shape index (κ1) is 25.7. The molecule has 0 bridgehead atoms. The number of phenols is 1. The zero-order valence-electron chi connectivity index (χ0n) is 21.5. The lowest BCUT2D eigenvalue weighted by Gasteiger charge is -2.56. The van der Waals surface area contributed by atoms with Gasteiger partial charge in [-0.15, -0.1) is 0 Å². The Balaban J connectivity index is 1.49. The van der Waals surface area contributed by atoms with Crippen LogP contribution in [-0.4, -0.2) is 50.7 Å². The molecule has 0 saturated carbocycles. The molecule has 200 valence electrons. The predicted octanol–water partition coefficient (Wildman–Crippen LogP) is 5.16. The van der Waals surface area contributed by atoms with Crippen LogP contribution in [0.3, 0.4) is 0 Å². The van der Waals surface area contributed by atoms with E-state index in [2.05, 4.69) is 0 Å². The minimum absolute atomic E-state index is 0.0671. The molecule has 1 atom stereocenters. The largest absolute Gasteiger partial charge is 0.503 e. The molecule has 3 aliphatic rings. The molecule has 0 spiro atoms. The number of methoxy groups -OCH3 is 1. The molecular weight excluding hydrogens is 482 g/mol. The summed E-state index contributed by atoms with van der Waals surface area (Å²) in [6, 6.07) is 6.58. The highest BCUT2D eigenvalue weighted by molar-refractivity contribution is 6.07. The van der Waals surface area contributed by atoms with Crippen molar-refractivity contribution < 1.29 is 32.9 Å². The smallest absolute Gasteiger partial charge is 0.236 e. The Morgan fingerprint density at radius 2 is 1.73 bits per heavy atom. The van der Waals surface area contributed by atoms with Crippen LogP contribution in [0.1, 0.15) is 51.1 Å². The molecular formula is C28H34F2N2O5. The molecule has 37 heavy (non-hydrogen) atoms. The summed E-state index contributed by atoms with van der Waals surface area (Å²) in [5.41, 5.74) is 0.187. The maximum absolute atomic E-state index is 15.7. The maximum Gasteiger partial charge on any atom is 0.236 e. The first-order valence-electron chi connectivity index (χ1n) is 13.0. The number of aromatic hydroxyl groups is 1. The number of phenolic OH excluding ortho intramolecular Hbond substituents is 1. The van der Waals surface area contributed by atoms with E-state index in [-0.39, 0.29) is 23.8 Å². The van der Waals surface area contributed by atoms with Gasteiger partial charge in [0.05, 0.1) is 43.2 Å². The topological polar surface area (TPSA) is 71.5 Å². The third-order valence-electron chi connectivity index (χ3n) is 8.42. The van der Waals surface area contributed by atoms with Crippen molar-refractivity contribution >= 4 is 17.3 Å². The Morgan fingerprint density at radius 3 is 2.35 bits per heavy atom. The van der Waals surface area contributed by atoms with Crippen molar-refractivity contribution in [2.75, 3.05) is 43.2 Å². The molecule has 0 aromatic heterocycles. The third kappa shape index (κ3) is 4.12. The molecule has 5 rings (SSSR count). The average Bonchev–Trinajstić information content (AvgIpc) is 3.45. The van der Waals surface area contributed by atoms with Gasteiger partial charge in [-0.1, -0.05) is 19.9 Å². The van der Waals surface area contributed by atoms with Crippen LogP contribution in [0.15, 0.2) is 30.3 Å². The number of para-hydroxylation sites is 1. The van der Waals surface area contributed by atoms with Gasteiger partial charge in [0.2, 0.25) is 5.91 Å². The van der Waals surface area contributed by atoms with Crippen molar-refractivity contribution in [3.05, 3.63) is 47.5 Å². The van der Waals surface area contributed by atoms with Crippen molar-refractivity contribution in [3.8, 4) is 11.5 Å². The highest BCUT2D eigenvalue weighted by atomic mass is 19.1. The molecule has 2 aromatic carbocycles. The van der Waals surface area contributed by atoms with E-state index < -0.39 is 28.8 Å². The first-order chi connectivity index (χ1) is 17.9. The number of rotatable bonds is 7. The summed E-state index contributed by atoms with van der Waals surface area (Å²) >= 11 is 0. The van der Waals surface area contributed by atoms with Gasteiger partial charge >= 0.3 is 0 Å². The number of benzene rings is 2. The minimum Gasteiger partial charge on any atom is -0.503 e. The second-order valence-corrected chi connectivity index (χ2v) is 10.0. The molecule has 1 amide bonds. The SMILES string of the molecule is CCC1(CC)C(=O)N(c2cccc(F)c2O)[C@H]1c1cc(F)c(N2CCC(C3OCCO3)CC2)cc1OC. The van der Waals surface area contributed by atoms with Crippen molar-refractivity contribution in [3.63, 3.8) is 0 Å².